The topological polar surface area (TPSA) is 67.2 Å². The molecule has 2 aromatic heterocycles. The molecule has 3 rings (SSSR count). The van der Waals surface area contributed by atoms with E-state index in [0.29, 0.717) is 12.6 Å². The first-order valence-corrected chi connectivity index (χ1v) is 8.98. The molecule has 2 amide bonds. The highest BCUT2D eigenvalue weighted by molar-refractivity contribution is 7.14. The minimum absolute atomic E-state index is 0.0640. The molecule has 1 atom stereocenters. The molecule has 1 unspecified atom stereocenters. The van der Waals surface area contributed by atoms with Crippen LogP contribution >= 0.6 is 11.3 Å². The van der Waals surface area contributed by atoms with Gasteiger partial charge in [0, 0.05) is 37.3 Å². The van der Waals surface area contributed by atoms with Crippen molar-refractivity contribution in [2.45, 2.75) is 39.3 Å². The minimum Gasteiger partial charge on any atom is -0.351 e. The average Bonchev–Trinajstić information content (AvgIpc) is 3.21. The Hall–Kier alpha value is -2.15. The fraction of sp³-hybridized carbons (Fsp3) is 0.471. The van der Waals surface area contributed by atoms with Crippen molar-refractivity contribution in [1.29, 1.82) is 0 Å². The van der Waals surface area contributed by atoms with Crippen LogP contribution in [0.5, 0.6) is 0 Å². The molecule has 1 aliphatic heterocycles. The lowest BCUT2D eigenvalue weighted by atomic mass is 10.1. The number of hydrogen-bond acceptors (Lipinski definition) is 4. The zero-order valence-corrected chi connectivity index (χ0v) is 14.8. The third kappa shape index (κ3) is 3.67. The molecule has 1 aliphatic rings. The number of aryl methyl sites for hydroxylation is 1. The molecule has 0 saturated carbocycles. The van der Waals surface area contributed by atoms with Crippen molar-refractivity contribution < 1.29 is 9.59 Å². The molecule has 0 aliphatic carbocycles. The summed E-state index contributed by atoms with van der Waals surface area (Å²) in [7, 11) is 0. The van der Waals surface area contributed by atoms with Crippen LogP contribution < -0.4 is 5.32 Å². The standard InChI is InChI=1S/C17H22N4O2S/c1-12-18-7-9-21(12)14-4-3-8-20(11-14)17(23)16-6-5-15(24-16)10-19-13(2)22/h5-7,9,14H,3-4,8,10-11H2,1-2H3,(H,19,22). The molecule has 24 heavy (non-hydrogen) atoms. The van der Waals surface area contributed by atoms with Crippen LogP contribution in [-0.2, 0) is 11.3 Å². The first-order valence-electron chi connectivity index (χ1n) is 8.16. The van der Waals surface area contributed by atoms with Crippen LogP contribution in [0, 0.1) is 6.92 Å². The Labute approximate surface area is 145 Å². The van der Waals surface area contributed by atoms with Gasteiger partial charge in [0.15, 0.2) is 0 Å². The highest BCUT2D eigenvalue weighted by atomic mass is 32.1. The summed E-state index contributed by atoms with van der Waals surface area (Å²) >= 11 is 1.45. The van der Waals surface area contributed by atoms with Gasteiger partial charge in [0.2, 0.25) is 5.91 Å². The summed E-state index contributed by atoms with van der Waals surface area (Å²) in [5.41, 5.74) is 0. The largest absolute Gasteiger partial charge is 0.351 e. The number of amides is 2. The monoisotopic (exact) mass is 346 g/mol. The van der Waals surface area contributed by atoms with Crippen LogP contribution in [0.4, 0.5) is 0 Å². The van der Waals surface area contributed by atoms with E-state index in [0.717, 1.165) is 41.5 Å². The molecule has 7 heteroatoms. The maximum Gasteiger partial charge on any atom is 0.263 e. The summed E-state index contributed by atoms with van der Waals surface area (Å²) < 4.78 is 2.16. The quantitative estimate of drug-likeness (QED) is 0.924. The van der Waals surface area contributed by atoms with Crippen molar-refractivity contribution in [2.75, 3.05) is 13.1 Å². The predicted molar refractivity (Wildman–Crippen MR) is 93.0 cm³/mol. The van der Waals surface area contributed by atoms with Gasteiger partial charge in [0.1, 0.15) is 5.82 Å². The lowest BCUT2D eigenvalue weighted by Crippen LogP contribution is -2.40. The number of carbonyl (C=O) groups is 2. The Morgan fingerprint density at radius 1 is 1.42 bits per heavy atom. The molecule has 0 bridgehead atoms. The average molecular weight is 346 g/mol. The summed E-state index contributed by atoms with van der Waals surface area (Å²) in [6.45, 7) is 5.47. The number of imidazole rings is 1. The van der Waals surface area contributed by atoms with Gasteiger partial charge in [-0.05, 0) is 31.9 Å². The molecule has 1 N–H and O–H groups in total. The molecule has 6 nitrogen and oxygen atoms in total. The maximum absolute atomic E-state index is 12.8. The molecule has 128 valence electrons. The Bertz CT molecular complexity index is 737. The van der Waals surface area contributed by atoms with Gasteiger partial charge in [-0.15, -0.1) is 11.3 Å². The van der Waals surface area contributed by atoms with Crippen molar-refractivity contribution in [2.24, 2.45) is 0 Å². The number of nitrogens with zero attached hydrogens (tertiary/aromatic N) is 3. The first kappa shape index (κ1) is 16.7. The van der Waals surface area contributed by atoms with Crippen molar-refractivity contribution in [1.82, 2.24) is 19.8 Å². The summed E-state index contributed by atoms with van der Waals surface area (Å²) in [4.78, 5) is 31.7. The van der Waals surface area contributed by atoms with Gasteiger partial charge >= 0.3 is 0 Å². The van der Waals surface area contributed by atoms with E-state index in [1.54, 1.807) is 0 Å². The Balaban J connectivity index is 1.66. The van der Waals surface area contributed by atoms with Gasteiger partial charge in [0.25, 0.3) is 5.91 Å². The third-order valence-corrected chi connectivity index (χ3v) is 5.40. The number of rotatable bonds is 4. The number of likely N-dealkylation sites (tertiary alicyclic amines) is 1. The predicted octanol–water partition coefficient (Wildman–Crippen LogP) is 2.37. The van der Waals surface area contributed by atoms with Crippen LogP contribution in [0.25, 0.3) is 0 Å². The molecular formula is C17H22N4O2S. The van der Waals surface area contributed by atoms with E-state index in [4.69, 9.17) is 0 Å². The van der Waals surface area contributed by atoms with E-state index in [-0.39, 0.29) is 11.8 Å². The Morgan fingerprint density at radius 3 is 2.96 bits per heavy atom. The number of piperidine rings is 1. The number of thiophene rings is 1. The van der Waals surface area contributed by atoms with Crippen molar-refractivity contribution in [3.8, 4) is 0 Å². The van der Waals surface area contributed by atoms with Gasteiger partial charge in [0.05, 0.1) is 17.5 Å². The van der Waals surface area contributed by atoms with Gasteiger partial charge in [-0.25, -0.2) is 4.98 Å². The molecule has 0 aromatic carbocycles. The van der Waals surface area contributed by atoms with Crippen LogP contribution in [0.2, 0.25) is 0 Å². The van der Waals surface area contributed by atoms with E-state index >= 15 is 0 Å². The lowest BCUT2D eigenvalue weighted by Gasteiger charge is -2.33. The van der Waals surface area contributed by atoms with Crippen LogP contribution in [0.1, 0.15) is 46.2 Å². The first-order chi connectivity index (χ1) is 11.5. The molecule has 1 saturated heterocycles. The van der Waals surface area contributed by atoms with E-state index in [2.05, 4.69) is 14.9 Å². The summed E-state index contributed by atoms with van der Waals surface area (Å²) in [5, 5.41) is 2.76. The highest BCUT2D eigenvalue weighted by Gasteiger charge is 2.26. The molecular weight excluding hydrogens is 324 g/mol. The summed E-state index contributed by atoms with van der Waals surface area (Å²) in [5.74, 6) is 1.01. The molecule has 1 fully saturated rings. The molecule has 0 radical (unpaired) electrons. The number of hydrogen-bond donors (Lipinski definition) is 1. The van der Waals surface area contributed by atoms with Gasteiger partial charge in [-0.2, -0.15) is 0 Å². The maximum atomic E-state index is 12.8. The van der Waals surface area contributed by atoms with Crippen LogP contribution in [-0.4, -0.2) is 39.4 Å². The zero-order valence-electron chi connectivity index (χ0n) is 14.0. The molecule has 0 spiro atoms. The highest BCUT2D eigenvalue weighted by Crippen LogP contribution is 2.26. The fourth-order valence-electron chi connectivity index (χ4n) is 3.10. The third-order valence-electron chi connectivity index (χ3n) is 4.32. The zero-order chi connectivity index (χ0) is 17.1. The minimum atomic E-state index is -0.0640. The van der Waals surface area contributed by atoms with E-state index in [1.165, 1.54) is 18.3 Å². The number of aromatic nitrogens is 2. The Morgan fingerprint density at radius 2 is 2.25 bits per heavy atom. The normalized spacial score (nSPS) is 17.8. The van der Waals surface area contributed by atoms with Crippen LogP contribution in [0.3, 0.4) is 0 Å². The van der Waals surface area contributed by atoms with E-state index in [1.807, 2.05) is 36.4 Å². The second-order valence-corrected chi connectivity index (χ2v) is 7.27. The fourth-order valence-corrected chi connectivity index (χ4v) is 4.01. The smallest absolute Gasteiger partial charge is 0.263 e. The van der Waals surface area contributed by atoms with E-state index < -0.39 is 0 Å². The summed E-state index contributed by atoms with van der Waals surface area (Å²) in [6.07, 6.45) is 5.87. The van der Waals surface area contributed by atoms with Crippen molar-refractivity contribution in [3.05, 3.63) is 40.1 Å². The van der Waals surface area contributed by atoms with Gasteiger partial charge < -0.3 is 14.8 Å². The van der Waals surface area contributed by atoms with E-state index in [9.17, 15) is 9.59 Å². The lowest BCUT2D eigenvalue weighted by molar-refractivity contribution is -0.119. The second kappa shape index (κ2) is 7.17. The van der Waals surface area contributed by atoms with Crippen molar-refractivity contribution in [3.63, 3.8) is 0 Å². The van der Waals surface area contributed by atoms with Gasteiger partial charge in [-0.3, -0.25) is 9.59 Å². The Kier molecular flexibility index (Phi) is 4.99. The molecule has 3 heterocycles. The molecule has 2 aromatic rings. The van der Waals surface area contributed by atoms with Gasteiger partial charge in [-0.1, -0.05) is 0 Å². The second-order valence-electron chi connectivity index (χ2n) is 6.10. The number of nitrogens with one attached hydrogen (secondary N) is 1. The van der Waals surface area contributed by atoms with Crippen molar-refractivity contribution >= 4 is 23.2 Å². The number of carbonyl (C=O) groups excluding carboxylic acids is 2. The van der Waals surface area contributed by atoms with Crippen LogP contribution in [0.15, 0.2) is 24.5 Å². The SMILES string of the molecule is CC(=O)NCc1ccc(C(=O)N2CCCC(n3ccnc3C)C2)s1. The summed E-state index contributed by atoms with van der Waals surface area (Å²) in [6, 6.07) is 4.06.